The third-order valence-electron chi connectivity index (χ3n) is 5.36. The van der Waals surface area contributed by atoms with Gasteiger partial charge in [-0.1, -0.05) is 13.8 Å². The molecule has 18 heavy (non-hydrogen) atoms. The highest BCUT2D eigenvalue weighted by Gasteiger charge is 2.61. The molecular formula is C12H25B3O3. The van der Waals surface area contributed by atoms with Gasteiger partial charge in [0.25, 0.3) is 6.70 Å². The Kier molecular flexibility index (Phi) is 3.06. The quantitative estimate of drug-likeness (QED) is 0.666. The van der Waals surface area contributed by atoms with Crippen LogP contribution in [0.1, 0.15) is 55.4 Å². The van der Waals surface area contributed by atoms with E-state index in [2.05, 4.69) is 55.4 Å². The molecule has 0 N–H and O–H groups in total. The van der Waals surface area contributed by atoms with Crippen LogP contribution in [0.15, 0.2) is 0 Å². The van der Waals surface area contributed by atoms with Crippen LogP contribution in [0, 0.1) is 0 Å². The number of hydrogen-bond acceptors (Lipinski definition) is 3. The van der Waals surface area contributed by atoms with Gasteiger partial charge < -0.3 is 14.0 Å². The van der Waals surface area contributed by atoms with Crippen molar-refractivity contribution in [3.63, 3.8) is 0 Å². The van der Waals surface area contributed by atoms with E-state index in [1.54, 1.807) is 0 Å². The van der Waals surface area contributed by atoms with Crippen LogP contribution in [-0.4, -0.2) is 37.7 Å². The lowest BCUT2D eigenvalue weighted by molar-refractivity contribution is 0.00578. The van der Waals surface area contributed by atoms with E-state index in [-0.39, 0.29) is 35.8 Å². The Labute approximate surface area is 113 Å². The molecule has 0 amide bonds. The van der Waals surface area contributed by atoms with Crippen LogP contribution in [0.2, 0.25) is 5.31 Å². The summed E-state index contributed by atoms with van der Waals surface area (Å²) in [4.78, 5) is 0. The van der Waals surface area contributed by atoms with Crippen LogP contribution in [0.4, 0.5) is 0 Å². The summed E-state index contributed by atoms with van der Waals surface area (Å²) >= 11 is 0. The molecule has 0 aromatic rings. The Bertz CT molecular complexity index is 286. The summed E-state index contributed by atoms with van der Waals surface area (Å²) in [5, 5.41) is 0.140. The SMILES string of the molecule is CC1(C)BB(B2OC(C)(C)C(C)(C)O2)OC1(C)C. The zero-order chi connectivity index (χ0) is 14.0. The van der Waals surface area contributed by atoms with E-state index in [1.807, 2.05) is 0 Å². The van der Waals surface area contributed by atoms with Crippen molar-refractivity contribution in [1.29, 1.82) is 0 Å². The summed E-state index contributed by atoms with van der Waals surface area (Å²) in [5.41, 5.74) is -0.697. The molecule has 2 rings (SSSR count). The Morgan fingerprint density at radius 3 is 1.44 bits per heavy atom. The van der Waals surface area contributed by atoms with E-state index in [4.69, 9.17) is 14.0 Å². The molecule has 2 fully saturated rings. The van der Waals surface area contributed by atoms with Gasteiger partial charge in [-0.3, -0.25) is 0 Å². The van der Waals surface area contributed by atoms with Crippen molar-refractivity contribution in [2.45, 2.75) is 77.5 Å². The zero-order valence-electron chi connectivity index (χ0n) is 13.1. The van der Waals surface area contributed by atoms with Crippen LogP contribution in [0.3, 0.4) is 0 Å². The Morgan fingerprint density at radius 2 is 1.11 bits per heavy atom. The second-order valence-electron chi connectivity index (χ2n) is 7.88. The molecule has 6 heteroatoms. The number of rotatable bonds is 1. The van der Waals surface area contributed by atoms with Gasteiger partial charge in [0, 0.05) is 5.60 Å². The molecule has 2 aliphatic rings. The Hall–Kier alpha value is 0.0748. The summed E-state index contributed by atoms with van der Waals surface area (Å²) in [5.74, 6) is 0. The van der Waals surface area contributed by atoms with Crippen molar-refractivity contribution in [1.82, 2.24) is 0 Å². The molecule has 3 nitrogen and oxygen atoms in total. The highest BCUT2D eigenvalue weighted by molar-refractivity contribution is 7.41. The van der Waals surface area contributed by atoms with Crippen molar-refractivity contribution in [2.24, 2.45) is 0 Å². The van der Waals surface area contributed by atoms with Gasteiger partial charge in [0.1, 0.15) is 7.17 Å². The highest BCUT2D eigenvalue weighted by Crippen LogP contribution is 2.47. The largest absolute Gasteiger partial charge is 0.442 e. The van der Waals surface area contributed by atoms with Gasteiger partial charge in [-0.2, -0.15) is 0 Å². The predicted molar refractivity (Wildman–Crippen MR) is 78.2 cm³/mol. The number of hydrogen-bond donors (Lipinski definition) is 0. The molecular weight excluding hydrogens is 225 g/mol. The predicted octanol–water partition coefficient (Wildman–Crippen LogP) is 2.09. The van der Waals surface area contributed by atoms with Gasteiger partial charge in [0.15, 0.2) is 0 Å². The van der Waals surface area contributed by atoms with E-state index in [1.165, 1.54) is 0 Å². The molecule has 100 valence electrons. The maximum absolute atomic E-state index is 6.18. The summed E-state index contributed by atoms with van der Waals surface area (Å²) in [6.45, 7) is 17.1. The lowest BCUT2D eigenvalue weighted by Gasteiger charge is -2.34. The summed E-state index contributed by atoms with van der Waals surface area (Å²) in [7, 11) is 0.715. The molecule has 0 aromatic heterocycles. The molecule has 0 atom stereocenters. The van der Waals surface area contributed by atoms with Crippen molar-refractivity contribution in [3.8, 4) is 0 Å². The minimum atomic E-state index is -0.280. The van der Waals surface area contributed by atoms with Crippen LogP contribution >= 0.6 is 0 Å². The fourth-order valence-corrected chi connectivity index (χ4v) is 2.52. The summed E-state index contributed by atoms with van der Waals surface area (Å²) in [6.07, 6.45) is 0. The zero-order valence-corrected chi connectivity index (χ0v) is 13.1. The van der Waals surface area contributed by atoms with Crippen molar-refractivity contribution < 1.29 is 14.0 Å². The van der Waals surface area contributed by atoms with Crippen LogP contribution < -0.4 is 0 Å². The second-order valence-corrected chi connectivity index (χ2v) is 7.88. The van der Waals surface area contributed by atoms with Gasteiger partial charge in [-0.05, 0) is 46.9 Å². The maximum atomic E-state index is 6.18. The topological polar surface area (TPSA) is 27.7 Å². The fourth-order valence-electron chi connectivity index (χ4n) is 2.52. The molecule has 2 heterocycles. The molecule has 0 radical (unpaired) electrons. The van der Waals surface area contributed by atoms with E-state index in [0.717, 1.165) is 7.17 Å². The molecule has 2 saturated heterocycles. The minimum Gasteiger partial charge on any atom is -0.442 e. The average molecular weight is 250 g/mol. The maximum Gasteiger partial charge on any atom is 0.436 e. The average Bonchev–Trinajstić information content (AvgIpc) is 2.45. The van der Waals surface area contributed by atoms with Crippen LogP contribution in [-0.2, 0) is 14.0 Å². The molecule has 2 aliphatic heterocycles. The van der Waals surface area contributed by atoms with Crippen LogP contribution in [0.5, 0.6) is 0 Å². The monoisotopic (exact) mass is 250 g/mol. The lowest BCUT2D eigenvalue weighted by atomic mass is 9.11. The highest BCUT2D eigenvalue weighted by atomic mass is 16.7. The van der Waals surface area contributed by atoms with E-state index in [0.29, 0.717) is 0 Å². The van der Waals surface area contributed by atoms with E-state index in [9.17, 15) is 0 Å². The fraction of sp³-hybridized carbons (Fsp3) is 1.00. The molecule has 0 bridgehead atoms. The third kappa shape index (κ3) is 2.06. The van der Waals surface area contributed by atoms with Crippen molar-refractivity contribution in [3.05, 3.63) is 0 Å². The van der Waals surface area contributed by atoms with E-state index < -0.39 is 0 Å². The first kappa shape index (κ1) is 14.5. The molecule has 0 spiro atoms. The lowest BCUT2D eigenvalue weighted by Crippen LogP contribution is -2.44. The van der Waals surface area contributed by atoms with Gasteiger partial charge in [-0.25, -0.2) is 0 Å². The Balaban J connectivity index is 2.14. The second kappa shape index (κ2) is 3.80. The van der Waals surface area contributed by atoms with Gasteiger partial charge in [0.2, 0.25) is 0 Å². The minimum absolute atomic E-state index is 0.0241. The first-order valence-corrected chi connectivity index (χ1v) is 6.91. The van der Waals surface area contributed by atoms with Crippen molar-refractivity contribution >= 4 is 20.9 Å². The van der Waals surface area contributed by atoms with Gasteiger partial charge >= 0.3 is 7.01 Å². The summed E-state index contributed by atoms with van der Waals surface area (Å²) in [6, 6.07) is 0. The molecule has 0 aliphatic carbocycles. The van der Waals surface area contributed by atoms with Crippen molar-refractivity contribution in [2.75, 3.05) is 0 Å². The van der Waals surface area contributed by atoms with Crippen LogP contribution in [0.25, 0.3) is 0 Å². The third-order valence-corrected chi connectivity index (χ3v) is 5.36. The molecule has 0 saturated carbocycles. The molecule has 0 aromatic carbocycles. The first-order valence-electron chi connectivity index (χ1n) is 6.91. The standard InChI is InChI=1S/C12H25B3O3/c1-9(2)10(3,4)16-14(13-9)15-17-11(5,6)12(7,8)18-15/h13H,1-8H3. The smallest absolute Gasteiger partial charge is 0.436 e. The van der Waals surface area contributed by atoms with Gasteiger partial charge in [0.05, 0.1) is 11.2 Å². The summed E-state index contributed by atoms with van der Waals surface area (Å²) < 4.78 is 18.4. The normalized spacial score (nSPS) is 31.6. The molecule has 0 unspecified atom stereocenters. The Morgan fingerprint density at radius 1 is 0.667 bits per heavy atom. The van der Waals surface area contributed by atoms with E-state index >= 15 is 0 Å². The first-order chi connectivity index (χ1) is 7.88. The van der Waals surface area contributed by atoms with Gasteiger partial charge in [-0.15, -0.1) is 0 Å².